The van der Waals surface area contributed by atoms with Crippen LogP contribution in [0.4, 0.5) is 13.2 Å². The Morgan fingerprint density at radius 2 is 1.85 bits per heavy atom. The number of hydrogen-bond donors (Lipinski definition) is 1. The molecule has 0 aromatic carbocycles. The van der Waals surface area contributed by atoms with Crippen LogP contribution in [0.1, 0.15) is 59.3 Å². The Labute approximate surface area is 120 Å². The van der Waals surface area contributed by atoms with E-state index in [1.54, 1.807) is 0 Å². The molecule has 0 aromatic heterocycles. The Morgan fingerprint density at radius 1 is 1.25 bits per heavy atom. The van der Waals surface area contributed by atoms with Gasteiger partial charge in [0.1, 0.15) is 0 Å². The molecule has 1 unspecified atom stereocenters. The van der Waals surface area contributed by atoms with Crippen LogP contribution < -0.4 is 5.32 Å². The van der Waals surface area contributed by atoms with Gasteiger partial charge < -0.3 is 10.1 Å². The fourth-order valence-corrected chi connectivity index (χ4v) is 3.24. The topological polar surface area (TPSA) is 21.3 Å². The molecule has 0 radical (unpaired) electrons. The average molecular weight is 295 g/mol. The lowest BCUT2D eigenvalue weighted by atomic mass is 9.74. The number of nitrogens with one attached hydrogen (secondary N) is 1. The van der Waals surface area contributed by atoms with Gasteiger partial charge in [-0.1, -0.05) is 13.8 Å². The standard InChI is InChI=1S/C15H28F3NO/c1-4-19-13(8-11-15(16,17)18)14(20-5-2)9-6-12(3)7-10-14/h12-13,19H,4-11H2,1-3H3. The Kier molecular flexibility index (Phi) is 6.79. The van der Waals surface area contributed by atoms with Crippen LogP contribution in [-0.4, -0.2) is 31.0 Å². The highest BCUT2D eigenvalue weighted by molar-refractivity contribution is 4.96. The van der Waals surface area contributed by atoms with Crippen molar-refractivity contribution >= 4 is 0 Å². The van der Waals surface area contributed by atoms with Gasteiger partial charge >= 0.3 is 6.18 Å². The van der Waals surface area contributed by atoms with Crippen molar-refractivity contribution in [1.82, 2.24) is 5.32 Å². The van der Waals surface area contributed by atoms with Crippen molar-refractivity contribution in [1.29, 1.82) is 0 Å². The summed E-state index contributed by atoms with van der Waals surface area (Å²) in [5, 5.41) is 3.24. The van der Waals surface area contributed by atoms with Gasteiger partial charge in [-0.2, -0.15) is 13.2 Å². The summed E-state index contributed by atoms with van der Waals surface area (Å²) in [7, 11) is 0. The number of rotatable bonds is 7. The Balaban J connectivity index is 2.76. The highest BCUT2D eigenvalue weighted by Crippen LogP contribution is 2.39. The first-order chi connectivity index (χ1) is 9.33. The van der Waals surface area contributed by atoms with E-state index in [0.717, 1.165) is 25.7 Å². The SMILES string of the molecule is CCNC(CCC(F)(F)F)C1(OCC)CCC(C)CC1. The first kappa shape index (κ1) is 17.8. The van der Waals surface area contributed by atoms with E-state index in [-0.39, 0.29) is 12.5 Å². The van der Waals surface area contributed by atoms with E-state index in [1.807, 2.05) is 13.8 Å². The molecule has 0 aromatic rings. The zero-order valence-electron chi connectivity index (χ0n) is 12.9. The molecule has 1 saturated carbocycles. The third kappa shape index (κ3) is 5.24. The van der Waals surface area contributed by atoms with Gasteiger partial charge in [0.25, 0.3) is 0 Å². The fourth-order valence-electron chi connectivity index (χ4n) is 3.24. The minimum atomic E-state index is -4.09. The van der Waals surface area contributed by atoms with Crippen molar-refractivity contribution in [2.75, 3.05) is 13.2 Å². The van der Waals surface area contributed by atoms with Gasteiger partial charge in [0.2, 0.25) is 0 Å². The lowest BCUT2D eigenvalue weighted by Crippen LogP contribution is -2.54. The van der Waals surface area contributed by atoms with Crippen molar-refractivity contribution in [3.8, 4) is 0 Å². The summed E-state index contributed by atoms with van der Waals surface area (Å²) in [4.78, 5) is 0. The minimum absolute atomic E-state index is 0.103. The van der Waals surface area contributed by atoms with Crippen LogP contribution in [0.5, 0.6) is 0 Å². The molecule has 0 amide bonds. The summed E-state index contributed by atoms with van der Waals surface area (Å²) < 4.78 is 43.6. The molecule has 1 aliphatic rings. The summed E-state index contributed by atoms with van der Waals surface area (Å²) in [6.45, 7) is 7.29. The Morgan fingerprint density at radius 3 is 2.30 bits per heavy atom. The zero-order chi connectivity index (χ0) is 15.2. The predicted octanol–water partition coefficient (Wildman–Crippen LogP) is 4.29. The first-order valence-corrected chi connectivity index (χ1v) is 7.77. The van der Waals surface area contributed by atoms with Crippen molar-refractivity contribution in [2.45, 2.75) is 77.1 Å². The van der Waals surface area contributed by atoms with E-state index < -0.39 is 18.2 Å². The fraction of sp³-hybridized carbons (Fsp3) is 1.00. The molecule has 20 heavy (non-hydrogen) atoms. The minimum Gasteiger partial charge on any atom is -0.374 e. The molecule has 0 heterocycles. The molecule has 1 rings (SSSR count). The van der Waals surface area contributed by atoms with Crippen molar-refractivity contribution < 1.29 is 17.9 Å². The summed E-state index contributed by atoms with van der Waals surface area (Å²) in [5.74, 6) is 0.647. The molecule has 1 aliphatic carbocycles. The van der Waals surface area contributed by atoms with E-state index in [1.165, 1.54) is 0 Å². The molecule has 0 aliphatic heterocycles. The van der Waals surface area contributed by atoms with E-state index in [0.29, 0.717) is 19.1 Å². The van der Waals surface area contributed by atoms with Crippen LogP contribution in [0.25, 0.3) is 0 Å². The van der Waals surface area contributed by atoms with E-state index >= 15 is 0 Å². The molecule has 1 atom stereocenters. The van der Waals surface area contributed by atoms with Crippen LogP contribution in [0.15, 0.2) is 0 Å². The molecule has 0 bridgehead atoms. The summed E-state index contributed by atoms with van der Waals surface area (Å²) in [6.07, 6.45) is -0.944. The summed E-state index contributed by atoms with van der Waals surface area (Å²) >= 11 is 0. The van der Waals surface area contributed by atoms with Gasteiger partial charge in [0, 0.05) is 19.1 Å². The lowest BCUT2D eigenvalue weighted by Gasteiger charge is -2.45. The molecule has 2 nitrogen and oxygen atoms in total. The van der Waals surface area contributed by atoms with Crippen molar-refractivity contribution in [3.63, 3.8) is 0 Å². The summed E-state index contributed by atoms with van der Waals surface area (Å²) in [5.41, 5.74) is -0.414. The average Bonchev–Trinajstić information content (AvgIpc) is 2.37. The van der Waals surface area contributed by atoms with Gasteiger partial charge in [0.15, 0.2) is 0 Å². The predicted molar refractivity (Wildman–Crippen MR) is 74.7 cm³/mol. The number of likely N-dealkylation sites (N-methyl/N-ethyl adjacent to an activating group) is 1. The Hall–Kier alpha value is -0.290. The maximum absolute atomic E-state index is 12.5. The largest absolute Gasteiger partial charge is 0.389 e. The maximum atomic E-state index is 12.5. The van der Waals surface area contributed by atoms with Gasteiger partial charge in [-0.05, 0) is 51.5 Å². The number of halogens is 3. The van der Waals surface area contributed by atoms with Gasteiger partial charge in [0.05, 0.1) is 5.60 Å². The van der Waals surface area contributed by atoms with Gasteiger partial charge in [-0.3, -0.25) is 0 Å². The lowest BCUT2D eigenvalue weighted by molar-refractivity contribution is -0.146. The van der Waals surface area contributed by atoms with E-state index in [9.17, 15) is 13.2 Å². The normalized spacial score (nSPS) is 29.4. The highest BCUT2D eigenvalue weighted by atomic mass is 19.4. The molecule has 0 saturated heterocycles. The number of ether oxygens (including phenoxy) is 1. The second-order valence-electron chi connectivity index (χ2n) is 5.94. The van der Waals surface area contributed by atoms with Crippen LogP contribution in [-0.2, 0) is 4.74 Å². The molecule has 1 fully saturated rings. The Bertz CT molecular complexity index is 273. The van der Waals surface area contributed by atoms with Crippen molar-refractivity contribution in [2.24, 2.45) is 5.92 Å². The third-order valence-electron chi connectivity index (χ3n) is 4.35. The van der Waals surface area contributed by atoms with Crippen LogP contribution in [0.2, 0.25) is 0 Å². The van der Waals surface area contributed by atoms with Crippen LogP contribution in [0, 0.1) is 5.92 Å². The first-order valence-electron chi connectivity index (χ1n) is 7.77. The smallest absolute Gasteiger partial charge is 0.374 e. The summed E-state index contributed by atoms with van der Waals surface area (Å²) in [6, 6.07) is -0.207. The van der Waals surface area contributed by atoms with Gasteiger partial charge in [-0.25, -0.2) is 0 Å². The number of hydrogen-bond acceptors (Lipinski definition) is 2. The molecule has 120 valence electrons. The highest BCUT2D eigenvalue weighted by Gasteiger charge is 2.43. The zero-order valence-corrected chi connectivity index (χ0v) is 12.9. The van der Waals surface area contributed by atoms with E-state index in [2.05, 4.69) is 12.2 Å². The second-order valence-corrected chi connectivity index (χ2v) is 5.94. The third-order valence-corrected chi connectivity index (χ3v) is 4.35. The monoisotopic (exact) mass is 295 g/mol. The molecule has 1 N–H and O–H groups in total. The van der Waals surface area contributed by atoms with Gasteiger partial charge in [-0.15, -0.1) is 0 Å². The quantitative estimate of drug-likeness (QED) is 0.756. The maximum Gasteiger partial charge on any atom is 0.389 e. The van der Waals surface area contributed by atoms with Crippen LogP contribution in [0.3, 0.4) is 0 Å². The molecular formula is C15H28F3NO. The molecule has 0 spiro atoms. The van der Waals surface area contributed by atoms with E-state index in [4.69, 9.17) is 4.74 Å². The van der Waals surface area contributed by atoms with Crippen molar-refractivity contribution in [3.05, 3.63) is 0 Å². The second kappa shape index (κ2) is 7.64. The number of alkyl halides is 3. The molecule has 5 heteroatoms. The molecular weight excluding hydrogens is 267 g/mol. The van der Waals surface area contributed by atoms with Crippen LogP contribution >= 0.6 is 0 Å².